The summed E-state index contributed by atoms with van der Waals surface area (Å²) >= 11 is 8.77. The summed E-state index contributed by atoms with van der Waals surface area (Å²) in [7, 11) is 0. The van der Waals surface area contributed by atoms with Crippen LogP contribution in [0.3, 0.4) is 0 Å². The molecule has 0 aromatic carbocycles. The van der Waals surface area contributed by atoms with Crippen molar-refractivity contribution in [3.05, 3.63) is 6.07 Å². The van der Waals surface area contributed by atoms with E-state index in [0.29, 0.717) is 5.75 Å². The molecule has 0 rings (SSSR count). The largest absolute Gasteiger partial charge is 0.352 e. The van der Waals surface area contributed by atoms with Crippen molar-refractivity contribution < 1.29 is 4.18 Å². The number of nitriles is 1. The van der Waals surface area contributed by atoms with E-state index in [1.165, 1.54) is 0 Å². The predicted octanol–water partition coefficient (Wildman–Crippen LogP) is 3.57. The zero-order chi connectivity index (χ0) is 7.98. The lowest BCUT2D eigenvalue weighted by Gasteiger charge is -1.94. The van der Waals surface area contributed by atoms with Gasteiger partial charge in [0.15, 0.2) is 0 Å². The van der Waals surface area contributed by atoms with Crippen LogP contribution >= 0.6 is 73.2 Å². The van der Waals surface area contributed by atoms with Gasteiger partial charge in [0, 0.05) is 3.58 Å². The van der Waals surface area contributed by atoms with Crippen molar-refractivity contribution in [2.24, 2.45) is 0 Å². The van der Waals surface area contributed by atoms with Gasteiger partial charge >= 0.3 is 0 Å². The van der Waals surface area contributed by atoms with Crippen LogP contribution in [-0.2, 0) is 4.18 Å². The molecule has 0 unspecified atom stereocenters. The summed E-state index contributed by atoms with van der Waals surface area (Å²) in [6.07, 6.45) is 1.58. The second kappa shape index (κ2) is 7.00. The van der Waals surface area contributed by atoms with E-state index in [2.05, 4.69) is 65.3 Å². The summed E-state index contributed by atoms with van der Waals surface area (Å²) in [5, 5.41) is 7.99. The van der Waals surface area contributed by atoms with E-state index in [1.54, 1.807) is 6.26 Å². The lowest BCUT2D eigenvalue weighted by Crippen LogP contribution is -1.77. The van der Waals surface area contributed by atoms with Crippen LogP contribution in [0.15, 0.2) is 6.07 Å². The van der Waals surface area contributed by atoms with Crippen LogP contribution in [0, 0.1) is 11.5 Å². The molecule has 56 valence electrons. The third-order valence-electron chi connectivity index (χ3n) is 0.487. The molecule has 6 heteroatoms. The fraction of sp³-hybridized carbons (Fsp3) is 0.250. The molecule has 0 aliphatic heterocycles. The minimum absolute atomic E-state index is 0.706. The third-order valence-corrected chi connectivity index (χ3v) is 5.43. The summed E-state index contributed by atoms with van der Waals surface area (Å²) in [4.78, 5) is 0. The molecule has 0 aliphatic carbocycles. The molecule has 0 amide bonds. The first kappa shape index (κ1) is 11.3. The molecule has 0 atom stereocenters. The van der Waals surface area contributed by atoms with Gasteiger partial charge in [-0.15, -0.1) is 5.26 Å². The van der Waals surface area contributed by atoms with Crippen molar-refractivity contribution in [3.63, 3.8) is 0 Å². The SMILES string of the molecule is N#COSC/C(I)=C(/Br)I. The first-order valence-electron chi connectivity index (χ1n) is 2.05. The molecule has 0 aliphatic rings. The van der Waals surface area contributed by atoms with Crippen LogP contribution in [0.5, 0.6) is 0 Å². The zero-order valence-electron chi connectivity index (χ0n) is 4.60. The molecular weight excluding hydrogens is 444 g/mol. The monoisotopic (exact) mass is 445 g/mol. The van der Waals surface area contributed by atoms with Gasteiger partial charge in [0.1, 0.15) is 0 Å². The van der Waals surface area contributed by atoms with E-state index in [1.807, 2.05) is 0 Å². The maximum Gasteiger partial charge on any atom is 0.299 e. The molecule has 0 heterocycles. The standard InChI is InChI=1S/C4H2BrI2NOS/c5-4(7)3(6)1-10-9-2-8/h1H2/b4-3+. The van der Waals surface area contributed by atoms with Gasteiger partial charge in [0.25, 0.3) is 6.26 Å². The van der Waals surface area contributed by atoms with Gasteiger partial charge in [0.05, 0.1) is 20.3 Å². The van der Waals surface area contributed by atoms with E-state index < -0.39 is 0 Å². The fourth-order valence-corrected chi connectivity index (χ4v) is 1.68. The van der Waals surface area contributed by atoms with E-state index in [-0.39, 0.29) is 0 Å². The average molecular weight is 446 g/mol. The van der Waals surface area contributed by atoms with Crippen molar-refractivity contribution in [2.45, 2.75) is 0 Å². The van der Waals surface area contributed by atoms with Crippen molar-refractivity contribution in [1.82, 2.24) is 0 Å². The molecule has 0 spiro atoms. The van der Waals surface area contributed by atoms with Crippen LogP contribution in [0.1, 0.15) is 0 Å². The molecular formula is C4H2BrI2NOS. The number of halogens is 3. The molecule has 0 saturated heterocycles. The Morgan fingerprint density at radius 3 is 2.70 bits per heavy atom. The number of hydrogen-bond donors (Lipinski definition) is 0. The summed E-state index contributed by atoms with van der Waals surface area (Å²) in [6.45, 7) is 0. The van der Waals surface area contributed by atoms with Crippen LogP contribution < -0.4 is 0 Å². The van der Waals surface area contributed by atoms with Gasteiger partial charge in [-0.05, 0) is 61.1 Å². The molecule has 0 saturated carbocycles. The van der Waals surface area contributed by atoms with Crippen molar-refractivity contribution in [3.8, 4) is 6.26 Å². The van der Waals surface area contributed by atoms with E-state index >= 15 is 0 Å². The molecule has 0 aromatic rings. The maximum absolute atomic E-state index is 7.99. The Labute approximate surface area is 99.4 Å². The molecule has 0 N–H and O–H groups in total. The zero-order valence-corrected chi connectivity index (χ0v) is 11.3. The van der Waals surface area contributed by atoms with Crippen molar-refractivity contribution in [2.75, 3.05) is 5.75 Å². The summed E-state index contributed by atoms with van der Waals surface area (Å²) < 4.78 is 6.61. The average Bonchev–Trinajstić information content (AvgIpc) is 1.88. The second-order valence-electron chi connectivity index (χ2n) is 1.10. The Kier molecular flexibility index (Phi) is 7.92. The van der Waals surface area contributed by atoms with Gasteiger partial charge in [-0.25, -0.2) is 0 Å². The quantitative estimate of drug-likeness (QED) is 0.288. The van der Waals surface area contributed by atoms with Crippen LogP contribution in [0.25, 0.3) is 0 Å². The lowest BCUT2D eigenvalue weighted by molar-refractivity contribution is 0.596. The number of hydrogen-bond acceptors (Lipinski definition) is 3. The minimum Gasteiger partial charge on any atom is -0.352 e. The minimum atomic E-state index is 0.706. The normalized spacial score (nSPS) is 11.8. The van der Waals surface area contributed by atoms with Gasteiger partial charge in [-0.1, -0.05) is 0 Å². The summed E-state index contributed by atoms with van der Waals surface area (Å²) in [5.41, 5.74) is 0. The molecule has 0 aromatic heterocycles. The Hall–Kier alpha value is 1.32. The van der Waals surface area contributed by atoms with Gasteiger partial charge in [-0.2, -0.15) is 0 Å². The molecule has 0 bridgehead atoms. The first-order valence-corrected chi connectivity index (χ1v) is 5.91. The third kappa shape index (κ3) is 6.06. The van der Waals surface area contributed by atoms with Crippen molar-refractivity contribution >= 4 is 73.2 Å². The Morgan fingerprint density at radius 1 is 1.70 bits per heavy atom. The Morgan fingerprint density at radius 2 is 2.30 bits per heavy atom. The lowest BCUT2D eigenvalue weighted by atomic mass is 10.8. The molecule has 0 fully saturated rings. The van der Waals surface area contributed by atoms with E-state index in [9.17, 15) is 0 Å². The van der Waals surface area contributed by atoms with Crippen LogP contribution in [0.4, 0.5) is 0 Å². The smallest absolute Gasteiger partial charge is 0.299 e. The van der Waals surface area contributed by atoms with Crippen LogP contribution in [0.2, 0.25) is 0 Å². The fourth-order valence-electron chi connectivity index (χ4n) is 0.162. The van der Waals surface area contributed by atoms with Crippen molar-refractivity contribution in [1.29, 1.82) is 5.26 Å². The number of nitrogens with zero attached hydrogens (tertiary/aromatic N) is 1. The molecule has 10 heavy (non-hydrogen) atoms. The second-order valence-corrected chi connectivity index (χ2v) is 6.45. The Balaban J connectivity index is 3.52. The highest BCUT2D eigenvalue weighted by Gasteiger charge is 1.97. The highest BCUT2D eigenvalue weighted by Crippen LogP contribution is 2.27. The Bertz CT molecular complexity index is 175. The van der Waals surface area contributed by atoms with Gasteiger partial charge in [0.2, 0.25) is 0 Å². The topological polar surface area (TPSA) is 33.0 Å². The molecule has 2 nitrogen and oxygen atoms in total. The summed E-state index contributed by atoms with van der Waals surface area (Å²) in [5.74, 6) is 0.706. The van der Waals surface area contributed by atoms with E-state index in [0.717, 1.165) is 18.1 Å². The maximum atomic E-state index is 7.99. The molecule has 0 radical (unpaired) electrons. The van der Waals surface area contributed by atoms with Crippen LogP contribution in [-0.4, -0.2) is 5.75 Å². The highest BCUT2D eigenvalue weighted by molar-refractivity contribution is 14.1. The summed E-state index contributed by atoms with van der Waals surface area (Å²) in [6, 6.07) is 0. The predicted molar refractivity (Wildman–Crippen MR) is 63.1 cm³/mol. The first-order chi connectivity index (χ1) is 4.68. The number of rotatable bonds is 3. The van der Waals surface area contributed by atoms with Gasteiger partial charge < -0.3 is 4.18 Å². The highest BCUT2D eigenvalue weighted by atomic mass is 127. The van der Waals surface area contributed by atoms with Gasteiger partial charge in [-0.3, -0.25) is 0 Å². The van der Waals surface area contributed by atoms with E-state index in [4.69, 9.17) is 5.26 Å².